The Balaban J connectivity index is 3.07. The van der Waals surface area contributed by atoms with Gasteiger partial charge in [-0.1, -0.05) is 13.0 Å². The first-order valence-electron chi connectivity index (χ1n) is 5.47. The summed E-state index contributed by atoms with van der Waals surface area (Å²) in [6, 6.07) is 2.37. The van der Waals surface area contributed by atoms with Gasteiger partial charge in [-0.3, -0.25) is 9.78 Å². The molecule has 1 aromatic heterocycles. The number of carboxylic acid groups (broad SMARTS) is 1. The van der Waals surface area contributed by atoms with Gasteiger partial charge < -0.3 is 10.0 Å². The van der Waals surface area contributed by atoms with E-state index in [1.807, 2.05) is 6.92 Å². The number of carbonyl (C=O) groups is 2. The molecule has 0 aliphatic heterocycles. The number of hydrogen-bond acceptors (Lipinski definition) is 3. The molecule has 0 saturated heterocycles. The van der Waals surface area contributed by atoms with Crippen molar-refractivity contribution in [2.24, 2.45) is 0 Å². The number of amides is 1. The molecule has 5 heteroatoms. The summed E-state index contributed by atoms with van der Waals surface area (Å²) >= 11 is 0. The van der Waals surface area contributed by atoms with E-state index < -0.39 is 12.0 Å². The van der Waals surface area contributed by atoms with Crippen molar-refractivity contribution in [2.45, 2.75) is 26.3 Å². The van der Waals surface area contributed by atoms with E-state index in [1.54, 1.807) is 18.3 Å². The third-order valence-electron chi connectivity index (χ3n) is 2.41. The Morgan fingerprint density at radius 3 is 2.65 bits per heavy atom. The molecule has 0 spiro atoms. The molecule has 1 unspecified atom stereocenters. The molecular weight excluding hydrogens is 220 g/mol. The summed E-state index contributed by atoms with van der Waals surface area (Å²) in [6.45, 7) is 3.70. The lowest BCUT2D eigenvalue weighted by Crippen LogP contribution is -2.38. The zero-order valence-electron chi connectivity index (χ0n) is 9.96. The minimum Gasteiger partial charge on any atom is -0.479 e. The van der Waals surface area contributed by atoms with Crippen LogP contribution in [0.3, 0.4) is 0 Å². The first-order valence-corrected chi connectivity index (χ1v) is 5.47. The van der Waals surface area contributed by atoms with Gasteiger partial charge in [-0.05, 0) is 12.5 Å². The molecule has 0 radical (unpaired) electrons. The van der Waals surface area contributed by atoms with E-state index in [0.717, 1.165) is 0 Å². The molecule has 92 valence electrons. The zero-order valence-corrected chi connectivity index (χ0v) is 9.96. The van der Waals surface area contributed by atoms with E-state index in [9.17, 15) is 14.7 Å². The molecule has 5 nitrogen and oxygen atoms in total. The molecule has 1 atom stereocenters. The number of carbonyl (C=O) groups excluding carboxylic acids is 1. The van der Waals surface area contributed by atoms with Crippen LogP contribution in [0.25, 0.3) is 0 Å². The van der Waals surface area contributed by atoms with Gasteiger partial charge in [0, 0.05) is 31.4 Å². The van der Waals surface area contributed by atoms with Crippen molar-refractivity contribution >= 4 is 11.9 Å². The minimum absolute atomic E-state index is 0.247. The summed E-state index contributed by atoms with van der Waals surface area (Å²) in [7, 11) is 0. The van der Waals surface area contributed by atoms with E-state index in [0.29, 0.717) is 18.5 Å². The van der Waals surface area contributed by atoms with Gasteiger partial charge in [0.2, 0.25) is 5.91 Å². The smallest absolute Gasteiger partial charge is 0.331 e. The maximum Gasteiger partial charge on any atom is 0.331 e. The quantitative estimate of drug-likeness (QED) is 0.840. The first-order chi connectivity index (χ1) is 8.07. The van der Waals surface area contributed by atoms with Crippen molar-refractivity contribution < 1.29 is 14.7 Å². The Kier molecular flexibility index (Phi) is 4.63. The predicted octanol–water partition coefficient (Wildman–Crippen LogP) is 1.47. The lowest BCUT2D eigenvalue weighted by Gasteiger charge is -2.27. The predicted molar refractivity (Wildman–Crippen MR) is 62.3 cm³/mol. The van der Waals surface area contributed by atoms with Crippen LogP contribution in [0.1, 0.15) is 31.9 Å². The van der Waals surface area contributed by atoms with Crippen molar-refractivity contribution in [1.29, 1.82) is 0 Å². The van der Waals surface area contributed by atoms with E-state index in [4.69, 9.17) is 0 Å². The second kappa shape index (κ2) is 5.98. The second-order valence-electron chi connectivity index (χ2n) is 3.74. The van der Waals surface area contributed by atoms with Crippen LogP contribution in [0.15, 0.2) is 24.5 Å². The van der Waals surface area contributed by atoms with Gasteiger partial charge >= 0.3 is 5.97 Å². The van der Waals surface area contributed by atoms with E-state index in [2.05, 4.69) is 4.98 Å². The van der Waals surface area contributed by atoms with Crippen LogP contribution in [-0.4, -0.2) is 33.4 Å². The van der Waals surface area contributed by atoms with E-state index in [-0.39, 0.29) is 5.91 Å². The summed E-state index contributed by atoms with van der Waals surface area (Å²) in [4.78, 5) is 28.0. The zero-order chi connectivity index (χ0) is 12.8. The maximum atomic E-state index is 11.5. The minimum atomic E-state index is -1.04. The summed E-state index contributed by atoms with van der Waals surface area (Å²) in [6.07, 6.45) is 3.76. The molecule has 0 aliphatic carbocycles. The van der Waals surface area contributed by atoms with Crippen LogP contribution < -0.4 is 0 Å². The van der Waals surface area contributed by atoms with Crippen LogP contribution >= 0.6 is 0 Å². The number of pyridine rings is 1. The highest BCUT2D eigenvalue weighted by molar-refractivity contribution is 5.83. The first kappa shape index (κ1) is 13.2. The maximum absolute atomic E-state index is 11.5. The van der Waals surface area contributed by atoms with Gasteiger partial charge in [0.05, 0.1) is 0 Å². The van der Waals surface area contributed by atoms with Crippen LogP contribution in [0.4, 0.5) is 0 Å². The number of aromatic nitrogens is 1. The van der Waals surface area contributed by atoms with Crippen molar-refractivity contribution in [2.75, 3.05) is 6.54 Å². The van der Waals surface area contributed by atoms with Gasteiger partial charge in [0.15, 0.2) is 6.04 Å². The number of rotatable bonds is 5. The molecule has 0 saturated carbocycles. The van der Waals surface area contributed by atoms with Gasteiger partial charge in [0.25, 0.3) is 0 Å². The lowest BCUT2D eigenvalue weighted by atomic mass is 10.1. The summed E-state index contributed by atoms with van der Waals surface area (Å²) in [5, 5.41) is 9.25. The lowest BCUT2D eigenvalue weighted by molar-refractivity contribution is -0.149. The van der Waals surface area contributed by atoms with E-state index >= 15 is 0 Å². The van der Waals surface area contributed by atoms with Gasteiger partial charge in [0.1, 0.15) is 0 Å². The molecule has 0 aromatic carbocycles. The fourth-order valence-corrected chi connectivity index (χ4v) is 1.70. The standard InChI is InChI=1S/C12H16N2O3/c1-3-7-14(9(2)15)11(12(16)17)10-5-4-6-13-8-10/h4-6,8,11H,3,7H2,1-2H3,(H,16,17). The molecule has 0 bridgehead atoms. The normalized spacial score (nSPS) is 11.9. The monoisotopic (exact) mass is 236 g/mol. The molecule has 1 N–H and O–H groups in total. The van der Waals surface area contributed by atoms with Crippen LogP contribution in [-0.2, 0) is 9.59 Å². The molecule has 1 heterocycles. The number of nitrogens with zero attached hydrogens (tertiary/aromatic N) is 2. The average molecular weight is 236 g/mol. The Labute approximate surface area is 100 Å². The molecule has 0 aliphatic rings. The fourth-order valence-electron chi connectivity index (χ4n) is 1.70. The summed E-state index contributed by atoms with van der Waals surface area (Å²) in [5.74, 6) is -1.29. The molecule has 0 fully saturated rings. The third-order valence-corrected chi connectivity index (χ3v) is 2.41. The van der Waals surface area contributed by atoms with Gasteiger partial charge in [-0.25, -0.2) is 4.79 Å². The molecule has 1 aromatic rings. The van der Waals surface area contributed by atoms with Crippen LogP contribution in [0, 0.1) is 0 Å². The highest BCUT2D eigenvalue weighted by Gasteiger charge is 2.28. The Hall–Kier alpha value is -1.91. The summed E-state index contributed by atoms with van der Waals surface area (Å²) < 4.78 is 0. The SMILES string of the molecule is CCCN(C(C)=O)C(C(=O)O)c1cccnc1. The molecule has 1 rings (SSSR count). The second-order valence-corrected chi connectivity index (χ2v) is 3.74. The molecule has 1 amide bonds. The van der Waals surface area contributed by atoms with Crippen molar-refractivity contribution in [3.05, 3.63) is 30.1 Å². The van der Waals surface area contributed by atoms with Crippen molar-refractivity contribution in [3.63, 3.8) is 0 Å². The Morgan fingerprint density at radius 2 is 2.24 bits per heavy atom. The van der Waals surface area contributed by atoms with Crippen LogP contribution in [0.5, 0.6) is 0 Å². The highest BCUT2D eigenvalue weighted by Crippen LogP contribution is 2.20. The summed E-state index contributed by atoms with van der Waals surface area (Å²) in [5.41, 5.74) is 0.517. The Bertz CT molecular complexity index is 392. The Morgan fingerprint density at radius 1 is 1.53 bits per heavy atom. The van der Waals surface area contributed by atoms with Crippen LogP contribution in [0.2, 0.25) is 0 Å². The topological polar surface area (TPSA) is 70.5 Å². The third kappa shape index (κ3) is 3.27. The largest absolute Gasteiger partial charge is 0.479 e. The van der Waals surface area contributed by atoms with E-state index in [1.165, 1.54) is 18.0 Å². The number of hydrogen-bond donors (Lipinski definition) is 1. The van der Waals surface area contributed by atoms with Gasteiger partial charge in [-0.15, -0.1) is 0 Å². The molecular formula is C12H16N2O3. The van der Waals surface area contributed by atoms with Crippen molar-refractivity contribution in [1.82, 2.24) is 9.88 Å². The molecule has 17 heavy (non-hydrogen) atoms. The average Bonchev–Trinajstić information content (AvgIpc) is 2.29. The van der Waals surface area contributed by atoms with Gasteiger partial charge in [-0.2, -0.15) is 0 Å². The highest BCUT2D eigenvalue weighted by atomic mass is 16.4. The number of aliphatic carboxylic acids is 1. The number of carboxylic acids is 1. The van der Waals surface area contributed by atoms with Crippen molar-refractivity contribution in [3.8, 4) is 0 Å². The fraction of sp³-hybridized carbons (Fsp3) is 0.417.